The van der Waals surface area contributed by atoms with E-state index >= 15 is 0 Å². The topological polar surface area (TPSA) is 52.0 Å². The summed E-state index contributed by atoms with van der Waals surface area (Å²) in [5.74, 6) is 2.09. The lowest BCUT2D eigenvalue weighted by molar-refractivity contribution is 0.139. The summed E-state index contributed by atoms with van der Waals surface area (Å²) in [6.45, 7) is 3.23. The van der Waals surface area contributed by atoms with Crippen LogP contribution in [0.5, 0.6) is 0 Å². The Balaban J connectivity index is 1.60. The zero-order valence-electron chi connectivity index (χ0n) is 10.9. The number of hydrogen-bond donors (Lipinski definition) is 1. The van der Waals surface area contributed by atoms with E-state index in [0.29, 0.717) is 0 Å². The van der Waals surface area contributed by atoms with Crippen LogP contribution in [-0.2, 0) is 24.1 Å². The van der Waals surface area contributed by atoms with Crippen LogP contribution in [0.2, 0.25) is 0 Å². The van der Waals surface area contributed by atoms with Gasteiger partial charge in [-0.15, -0.1) is 10.2 Å². The number of benzene rings is 1. The third-order valence-corrected chi connectivity index (χ3v) is 3.28. The second kappa shape index (κ2) is 5.84. The smallest absolute Gasteiger partial charge is 0.135 e. The third kappa shape index (κ3) is 2.93. The molecule has 1 aromatic carbocycles. The van der Waals surface area contributed by atoms with Crippen LogP contribution in [0.4, 0.5) is 5.69 Å². The molecule has 0 atom stereocenters. The Kier molecular flexibility index (Phi) is 3.74. The number of hydrogen-bond acceptors (Lipinski definition) is 4. The van der Waals surface area contributed by atoms with Gasteiger partial charge in [-0.2, -0.15) is 0 Å². The summed E-state index contributed by atoms with van der Waals surface area (Å²) in [5.41, 5.74) is 1.14. The molecule has 0 bridgehead atoms. The molecule has 0 aliphatic carbocycles. The lowest BCUT2D eigenvalue weighted by Crippen LogP contribution is -2.12. The highest BCUT2D eigenvalue weighted by atomic mass is 16.5. The Morgan fingerprint density at radius 2 is 2.05 bits per heavy atom. The summed E-state index contributed by atoms with van der Waals surface area (Å²) in [4.78, 5) is 0. The maximum Gasteiger partial charge on any atom is 0.135 e. The minimum absolute atomic E-state index is 0.750. The van der Waals surface area contributed by atoms with Gasteiger partial charge in [0, 0.05) is 31.6 Å². The van der Waals surface area contributed by atoms with Gasteiger partial charge in [-0.05, 0) is 12.1 Å². The van der Waals surface area contributed by atoms with Crippen LogP contribution in [0.3, 0.4) is 0 Å². The van der Waals surface area contributed by atoms with Crippen molar-refractivity contribution in [3.8, 4) is 0 Å². The molecule has 2 heterocycles. The summed E-state index contributed by atoms with van der Waals surface area (Å²) in [5, 5.41) is 11.9. The van der Waals surface area contributed by atoms with Gasteiger partial charge in [-0.25, -0.2) is 0 Å². The van der Waals surface area contributed by atoms with Crippen molar-refractivity contribution in [2.75, 3.05) is 25.1 Å². The Morgan fingerprint density at radius 1 is 1.16 bits per heavy atom. The molecule has 1 aliphatic rings. The van der Waals surface area contributed by atoms with Crippen molar-refractivity contribution in [1.82, 2.24) is 14.8 Å². The number of anilines is 1. The Morgan fingerprint density at radius 3 is 2.95 bits per heavy atom. The Hall–Kier alpha value is -1.88. The van der Waals surface area contributed by atoms with Crippen LogP contribution < -0.4 is 5.32 Å². The summed E-state index contributed by atoms with van der Waals surface area (Å²) in [6.07, 6.45) is 1.74. The van der Waals surface area contributed by atoms with Crippen molar-refractivity contribution in [2.24, 2.45) is 0 Å². The summed E-state index contributed by atoms with van der Waals surface area (Å²) >= 11 is 0. The summed E-state index contributed by atoms with van der Waals surface area (Å²) in [6, 6.07) is 10.2. The van der Waals surface area contributed by atoms with Gasteiger partial charge >= 0.3 is 0 Å². The minimum Gasteiger partial charge on any atom is -0.385 e. The molecule has 100 valence electrons. The maximum absolute atomic E-state index is 5.46. The third-order valence-electron chi connectivity index (χ3n) is 3.28. The van der Waals surface area contributed by atoms with Gasteiger partial charge in [0.2, 0.25) is 0 Å². The van der Waals surface area contributed by atoms with E-state index in [1.807, 2.05) is 18.2 Å². The second-order valence-electron chi connectivity index (χ2n) is 4.59. The molecule has 1 aromatic heterocycles. The van der Waals surface area contributed by atoms with Gasteiger partial charge in [-0.3, -0.25) is 0 Å². The standard InChI is InChI=1S/C14H18N4O/c1-2-4-12(5-3-1)15-8-6-13-16-17-14-7-10-19-11-9-18(13)14/h1-5,15H,6-11H2. The number of rotatable bonds is 4. The van der Waals surface area contributed by atoms with E-state index in [9.17, 15) is 0 Å². The van der Waals surface area contributed by atoms with Crippen LogP contribution in [0.15, 0.2) is 30.3 Å². The van der Waals surface area contributed by atoms with E-state index < -0.39 is 0 Å². The molecular formula is C14H18N4O. The molecular weight excluding hydrogens is 240 g/mol. The maximum atomic E-state index is 5.46. The summed E-state index contributed by atoms with van der Waals surface area (Å²) in [7, 11) is 0. The number of ether oxygens (including phenoxy) is 1. The van der Waals surface area contributed by atoms with Crippen molar-refractivity contribution in [3.05, 3.63) is 42.0 Å². The second-order valence-corrected chi connectivity index (χ2v) is 4.59. The normalized spacial score (nSPS) is 14.7. The first-order valence-electron chi connectivity index (χ1n) is 6.71. The molecule has 2 aromatic rings. The van der Waals surface area contributed by atoms with E-state index in [-0.39, 0.29) is 0 Å². The monoisotopic (exact) mass is 258 g/mol. The first-order chi connectivity index (χ1) is 9.43. The van der Waals surface area contributed by atoms with Crippen molar-refractivity contribution in [3.63, 3.8) is 0 Å². The van der Waals surface area contributed by atoms with Crippen molar-refractivity contribution in [2.45, 2.75) is 19.4 Å². The lowest BCUT2D eigenvalue weighted by Gasteiger charge is -2.08. The van der Waals surface area contributed by atoms with Crippen LogP contribution in [-0.4, -0.2) is 34.5 Å². The first kappa shape index (κ1) is 12.2. The van der Waals surface area contributed by atoms with Crippen molar-refractivity contribution in [1.29, 1.82) is 0 Å². The molecule has 1 aliphatic heterocycles. The number of aromatic nitrogens is 3. The zero-order valence-corrected chi connectivity index (χ0v) is 10.9. The fourth-order valence-corrected chi connectivity index (χ4v) is 2.30. The molecule has 0 amide bonds. The molecule has 0 saturated heterocycles. The van der Waals surface area contributed by atoms with Gasteiger partial charge in [0.1, 0.15) is 11.6 Å². The molecule has 5 nitrogen and oxygen atoms in total. The average molecular weight is 258 g/mol. The van der Waals surface area contributed by atoms with Crippen LogP contribution >= 0.6 is 0 Å². The van der Waals surface area contributed by atoms with E-state index in [1.54, 1.807) is 0 Å². The highest BCUT2D eigenvalue weighted by molar-refractivity contribution is 5.42. The van der Waals surface area contributed by atoms with E-state index in [4.69, 9.17) is 4.74 Å². The van der Waals surface area contributed by atoms with Crippen molar-refractivity contribution >= 4 is 5.69 Å². The molecule has 0 radical (unpaired) electrons. The lowest BCUT2D eigenvalue weighted by atomic mass is 10.3. The first-order valence-corrected chi connectivity index (χ1v) is 6.71. The number of fused-ring (bicyclic) bond motifs is 1. The predicted octanol–water partition coefficient (Wildman–Crippen LogP) is 1.51. The number of nitrogens with one attached hydrogen (secondary N) is 1. The number of para-hydroxylation sites is 1. The molecule has 1 N–H and O–H groups in total. The van der Waals surface area contributed by atoms with E-state index in [1.165, 1.54) is 0 Å². The Bertz CT molecular complexity index is 523. The van der Waals surface area contributed by atoms with Crippen LogP contribution in [0.25, 0.3) is 0 Å². The molecule has 0 unspecified atom stereocenters. The highest BCUT2D eigenvalue weighted by Gasteiger charge is 2.14. The van der Waals surface area contributed by atoms with Crippen LogP contribution in [0, 0.1) is 0 Å². The summed E-state index contributed by atoms with van der Waals surface area (Å²) < 4.78 is 7.65. The fraction of sp³-hybridized carbons (Fsp3) is 0.429. The van der Waals surface area contributed by atoms with Gasteiger partial charge in [-0.1, -0.05) is 18.2 Å². The van der Waals surface area contributed by atoms with Gasteiger partial charge in [0.25, 0.3) is 0 Å². The predicted molar refractivity (Wildman–Crippen MR) is 73.2 cm³/mol. The SMILES string of the molecule is c1ccc(NCCc2nnc3n2CCOCC3)cc1. The molecule has 5 heteroatoms. The molecule has 0 saturated carbocycles. The molecule has 19 heavy (non-hydrogen) atoms. The fourth-order valence-electron chi connectivity index (χ4n) is 2.30. The van der Waals surface area contributed by atoms with E-state index in [0.717, 1.165) is 56.5 Å². The van der Waals surface area contributed by atoms with E-state index in [2.05, 4.69) is 32.2 Å². The van der Waals surface area contributed by atoms with Gasteiger partial charge < -0.3 is 14.6 Å². The highest BCUT2D eigenvalue weighted by Crippen LogP contribution is 2.09. The molecule has 0 spiro atoms. The average Bonchev–Trinajstić information content (AvgIpc) is 2.69. The quantitative estimate of drug-likeness (QED) is 0.903. The largest absolute Gasteiger partial charge is 0.385 e. The Labute approximate surface area is 112 Å². The number of nitrogens with zero attached hydrogens (tertiary/aromatic N) is 3. The molecule has 3 rings (SSSR count). The van der Waals surface area contributed by atoms with Crippen molar-refractivity contribution < 1.29 is 4.74 Å². The molecule has 0 fully saturated rings. The zero-order chi connectivity index (χ0) is 12.9. The van der Waals surface area contributed by atoms with Gasteiger partial charge in [0.15, 0.2) is 0 Å². The van der Waals surface area contributed by atoms with Gasteiger partial charge in [0.05, 0.1) is 13.2 Å². The van der Waals surface area contributed by atoms with Crippen LogP contribution in [0.1, 0.15) is 11.6 Å². The minimum atomic E-state index is 0.750.